The lowest BCUT2D eigenvalue weighted by atomic mass is 9.84. The van der Waals surface area contributed by atoms with Crippen LogP contribution in [0.2, 0.25) is 0 Å². The third-order valence-corrected chi connectivity index (χ3v) is 2.76. The first-order valence-electron chi connectivity index (χ1n) is 5.81. The van der Waals surface area contributed by atoms with Gasteiger partial charge < -0.3 is 15.2 Å². The van der Waals surface area contributed by atoms with E-state index in [0.717, 1.165) is 19.4 Å². The Hall–Kier alpha value is -0.120. The minimum atomic E-state index is 0.171. The van der Waals surface area contributed by atoms with E-state index in [1.807, 2.05) is 0 Å². The zero-order valence-corrected chi connectivity index (χ0v) is 10.8. The van der Waals surface area contributed by atoms with E-state index in [1.165, 1.54) is 0 Å². The normalized spacial score (nSPS) is 16.4. The molecule has 0 fully saturated rings. The van der Waals surface area contributed by atoms with Gasteiger partial charge in [0.2, 0.25) is 0 Å². The van der Waals surface area contributed by atoms with Crippen LogP contribution in [0.5, 0.6) is 0 Å². The fourth-order valence-electron chi connectivity index (χ4n) is 1.66. The van der Waals surface area contributed by atoms with Crippen LogP contribution in [0, 0.1) is 5.41 Å². The fourth-order valence-corrected chi connectivity index (χ4v) is 1.66. The molecule has 0 aliphatic rings. The van der Waals surface area contributed by atoms with Crippen molar-refractivity contribution >= 4 is 0 Å². The predicted molar refractivity (Wildman–Crippen MR) is 64.0 cm³/mol. The largest absolute Gasteiger partial charge is 0.396 e. The van der Waals surface area contributed by atoms with E-state index in [2.05, 4.69) is 33.0 Å². The maximum Gasteiger partial charge on any atom is 0.0615 e. The van der Waals surface area contributed by atoms with Gasteiger partial charge in [0.15, 0.2) is 0 Å². The van der Waals surface area contributed by atoms with Crippen molar-refractivity contribution in [3.8, 4) is 0 Å². The first kappa shape index (κ1) is 14.9. The van der Waals surface area contributed by atoms with Gasteiger partial charge in [-0.1, -0.05) is 27.7 Å². The van der Waals surface area contributed by atoms with Crippen LogP contribution in [0.3, 0.4) is 0 Å². The van der Waals surface area contributed by atoms with Crippen LogP contribution in [0.25, 0.3) is 0 Å². The van der Waals surface area contributed by atoms with Gasteiger partial charge in [0.25, 0.3) is 0 Å². The highest BCUT2D eigenvalue weighted by molar-refractivity contribution is 4.83. The summed E-state index contributed by atoms with van der Waals surface area (Å²) in [5.74, 6) is 0. The fraction of sp³-hybridized carbons (Fsp3) is 1.00. The van der Waals surface area contributed by atoms with Crippen LogP contribution in [0.4, 0.5) is 0 Å². The third kappa shape index (κ3) is 6.13. The zero-order valence-electron chi connectivity index (χ0n) is 10.8. The second-order valence-corrected chi connectivity index (χ2v) is 5.16. The smallest absolute Gasteiger partial charge is 0.0615 e. The standard InChI is InChI=1S/C12H27NO2/c1-6-10(9-15-5)13-11(7-8-14)12(2,3)4/h10-11,13-14H,6-9H2,1-5H3. The van der Waals surface area contributed by atoms with Gasteiger partial charge in [-0.2, -0.15) is 0 Å². The Balaban J connectivity index is 4.25. The summed E-state index contributed by atoms with van der Waals surface area (Å²) in [7, 11) is 1.72. The SMILES string of the molecule is CCC(COC)NC(CCO)C(C)(C)C. The number of methoxy groups -OCH3 is 1. The Bertz CT molecular complexity index is 154. The van der Waals surface area contributed by atoms with Gasteiger partial charge in [-0.15, -0.1) is 0 Å². The van der Waals surface area contributed by atoms with E-state index in [0.29, 0.717) is 12.1 Å². The number of ether oxygens (including phenoxy) is 1. The van der Waals surface area contributed by atoms with Crippen LogP contribution >= 0.6 is 0 Å². The van der Waals surface area contributed by atoms with Gasteiger partial charge in [-0.05, 0) is 18.3 Å². The third-order valence-electron chi connectivity index (χ3n) is 2.76. The first-order valence-corrected chi connectivity index (χ1v) is 5.81. The lowest BCUT2D eigenvalue weighted by Crippen LogP contribution is -2.47. The number of hydrogen-bond donors (Lipinski definition) is 2. The van der Waals surface area contributed by atoms with Crippen molar-refractivity contribution in [3.05, 3.63) is 0 Å². The lowest BCUT2D eigenvalue weighted by molar-refractivity contribution is 0.129. The van der Waals surface area contributed by atoms with Crippen molar-refractivity contribution in [1.82, 2.24) is 5.32 Å². The van der Waals surface area contributed by atoms with Crippen LogP contribution in [-0.4, -0.2) is 37.5 Å². The molecule has 0 saturated heterocycles. The van der Waals surface area contributed by atoms with Crippen LogP contribution in [0.15, 0.2) is 0 Å². The molecule has 0 rings (SSSR count). The molecule has 0 aliphatic carbocycles. The average molecular weight is 217 g/mol. The van der Waals surface area contributed by atoms with Crippen molar-refractivity contribution in [2.75, 3.05) is 20.3 Å². The van der Waals surface area contributed by atoms with E-state index in [-0.39, 0.29) is 12.0 Å². The summed E-state index contributed by atoms with van der Waals surface area (Å²) in [4.78, 5) is 0. The number of aliphatic hydroxyl groups excluding tert-OH is 1. The molecule has 0 aromatic heterocycles. The molecular weight excluding hydrogens is 190 g/mol. The van der Waals surface area contributed by atoms with Gasteiger partial charge in [-0.3, -0.25) is 0 Å². The molecule has 2 N–H and O–H groups in total. The molecule has 0 radical (unpaired) electrons. The maximum absolute atomic E-state index is 9.04. The highest BCUT2D eigenvalue weighted by Crippen LogP contribution is 2.22. The van der Waals surface area contributed by atoms with Gasteiger partial charge in [0, 0.05) is 25.8 Å². The molecule has 2 unspecified atom stereocenters. The molecule has 0 aliphatic heterocycles. The second-order valence-electron chi connectivity index (χ2n) is 5.16. The molecule has 0 saturated carbocycles. The molecule has 0 aromatic carbocycles. The molecule has 0 bridgehead atoms. The van der Waals surface area contributed by atoms with Gasteiger partial charge in [0.05, 0.1) is 6.61 Å². The quantitative estimate of drug-likeness (QED) is 0.683. The highest BCUT2D eigenvalue weighted by Gasteiger charge is 2.25. The lowest BCUT2D eigenvalue weighted by Gasteiger charge is -2.34. The van der Waals surface area contributed by atoms with E-state index in [9.17, 15) is 0 Å². The highest BCUT2D eigenvalue weighted by atomic mass is 16.5. The first-order chi connectivity index (χ1) is 6.95. The Morgan fingerprint density at radius 1 is 1.33 bits per heavy atom. The summed E-state index contributed by atoms with van der Waals surface area (Å²) in [5, 5.41) is 12.6. The summed E-state index contributed by atoms with van der Waals surface area (Å²) < 4.78 is 5.16. The van der Waals surface area contributed by atoms with Crippen LogP contribution < -0.4 is 5.32 Å². The minimum absolute atomic E-state index is 0.171. The average Bonchev–Trinajstić information content (AvgIpc) is 2.14. The Morgan fingerprint density at radius 3 is 2.27 bits per heavy atom. The molecule has 15 heavy (non-hydrogen) atoms. The van der Waals surface area contributed by atoms with Crippen molar-refractivity contribution < 1.29 is 9.84 Å². The number of rotatable bonds is 7. The summed E-state index contributed by atoms with van der Waals surface area (Å²) in [5.41, 5.74) is 0.171. The Labute approximate surface area is 94.2 Å². The Kier molecular flexibility index (Phi) is 7.14. The van der Waals surface area contributed by atoms with Crippen molar-refractivity contribution in [2.24, 2.45) is 5.41 Å². The number of aliphatic hydroxyl groups is 1. The minimum Gasteiger partial charge on any atom is -0.396 e. The summed E-state index contributed by atoms with van der Waals surface area (Å²) >= 11 is 0. The van der Waals surface area contributed by atoms with Gasteiger partial charge >= 0.3 is 0 Å². The topological polar surface area (TPSA) is 41.5 Å². The van der Waals surface area contributed by atoms with E-state index < -0.39 is 0 Å². The number of hydrogen-bond acceptors (Lipinski definition) is 3. The monoisotopic (exact) mass is 217 g/mol. The van der Waals surface area contributed by atoms with E-state index in [1.54, 1.807) is 7.11 Å². The molecule has 0 heterocycles. The van der Waals surface area contributed by atoms with E-state index in [4.69, 9.17) is 9.84 Å². The molecule has 2 atom stereocenters. The molecule has 0 amide bonds. The molecule has 92 valence electrons. The molecule has 0 spiro atoms. The zero-order chi connectivity index (χ0) is 11.9. The Morgan fingerprint density at radius 2 is 1.93 bits per heavy atom. The van der Waals surface area contributed by atoms with Crippen LogP contribution in [0.1, 0.15) is 40.5 Å². The van der Waals surface area contributed by atoms with Crippen molar-refractivity contribution in [2.45, 2.75) is 52.6 Å². The second kappa shape index (κ2) is 7.20. The van der Waals surface area contributed by atoms with Crippen LogP contribution in [-0.2, 0) is 4.74 Å². The molecule has 0 aromatic rings. The van der Waals surface area contributed by atoms with Gasteiger partial charge in [0.1, 0.15) is 0 Å². The number of nitrogens with one attached hydrogen (secondary N) is 1. The van der Waals surface area contributed by atoms with Crippen molar-refractivity contribution in [3.63, 3.8) is 0 Å². The maximum atomic E-state index is 9.04. The molecular formula is C12H27NO2. The van der Waals surface area contributed by atoms with Gasteiger partial charge in [-0.25, -0.2) is 0 Å². The summed E-state index contributed by atoms with van der Waals surface area (Å²) in [6.07, 6.45) is 1.84. The molecule has 3 heteroatoms. The molecule has 3 nitrogen and oxygen atoms in total. The van der Waals surface area contributed by atoms with E-state index >= 15 is 0 Å². The summed E-state index contributed by atoms with van der Waals surface area (Å²) in [6.45, 7) is 9.70. The predicted octanol–water partition coefficient (Wildman–Crippen LogP) is 1.80. The summed E-state index contributed by atoms with van der Waals surface area (Å²) in [6, 6.07) is 0.716. The van der Waals surface area contributed by atoms with Crippen molar-refractivity contribution in [1.29, 1.82) is 0 Å².